The van der Waals surface area contributed by atoms with Crippen molar-refractivity contribution in [3.63, 3.8) is 0 Å². The third-order valence-corrected chi connectivity index (χ3v) is 3.18. The van der Waals surface area contributed by atoms with Gasteiger partial charge in [0.05, 0.1) is 11.2 Å². The predicted molar refractivity (Wildman–Crippen MR) is 51.5 cm³/mol. The predicted octanol–water partition coefficient (Wildman–Crippen LogP) is 1.87. The second-order valence-corrected chi connectivity index (χ2v) is 5.12. The van der Waals surface area contributed by atoms with Crippen LogP contribution in [0.3, 0.4) is 0 Å². The van der Waals surface area contributed by atoms with Crippen LogP contribution >= 0.6 is 11.3 Å². The van der Waals surface area contributed by atoms with E-state index in [0.29, 0.717) is 0 Å². The van der Waals surface area contributed by atoms with Crippen LogP contribution in [0.25, 0.3) is 0 Å². The molecule has 1 aliphatic rings. The van der Waals surface area contributed by atoms with Gasteiger partial charge in [0.1, 0.15) is 0 Å². The Morgan fingerprint density at radius 2 is 2.33 bits per heavy atom. The van der Waals surface area contributed by atoms with E-state index in [-0.39, 0.29) is 5.41 Å². The number of fused-ring (bicyclic) bond motifs is 1. The van der Waals surface area contributed by atoms with Gasteiger partial charge in [-0.05, 0) is 7.05 Å². The van der Waals surface area contributed by atoms with Gasteiger partial charge >= 0.3 is 0 Å². The van der Waals surface area contributed by atoms with Crippen molar-refractivity contribution in [2.45, 2.75) is 25.8 Å². The summed E-state index contributed by atoms with van der Waals surface area (Å²) in [6.07, 6.45) is 0. The Balaban J connectivity index is 2.45. The number of hydrogen-bond donors (Lipinski definition) is 0. The van der Waals surface area contributed by atoms with Crippen LogP contribution in [0, 0.1) is 0 Å². The quantitative estimate of drug-likeness (QED) is 0.609. The summed E-state index contributed by atoms with van der Waals surface area (Å²) >= 11 is 1.78. The van der Waals surface area contributed by atoms with Gasteiger partial charge in [-0.3, -0.25) is 0 Å². The molecule has 1 aromatic heterocycles. The number of likely N-dealkylation sites (N-methyl/N-ethyl adjacent to an activating group) is 1. The van der Waals surface area contributed by atoms with E-state index in [0.717, 1.165) is 13.1 Å². The lowest BCUT2D eigenvalue weighted by molar-refractivity contribution is 0.235. The first-order valence-corrected chi connectivity index (χ1v) is 5.09. The zero-order valence-electron chi connectivity index (χ0n) is 7.79. The smallest absolute Gasteiger partial charge is 0.0798 e. The van der Waals surface area contributed by atoms with E-state index in [4.69, 9.17) is 0 Å². The molecule has 0 saturated heterocycles. The number of rotatable bonds is 0. The number of thiazole rings is 1. The summed E-state index contributed by atoms with van der Waals surface area (Å²) < 4.78 is 0. The van der Waals surface area contributed by atoms with Gasteiger partial charge in [0.15, 0.2) is 0 Å². The molecule has 1 aliphatic heterocycles. The minimum atomic E-state index is 0.238. The highest BCUT2D eigenvalue weighted by atomic mass is 32.1. The van der Waals surface area contributed by atoms with E-state index in [1.54, 1.807) is 11.3 Å². The van der Waals surface area contributed by atoms with Gasteiger partial charge in [0, 0.05) is 23.4 Å². The van der Waals surface area contributed by atoms with Crippen molar-refractivity contribution in [2.75, 3.05) is 13.6 Å². The average molecular weight is 182 g/mol. The summed E-state index contributed by atoms with van der Waals surface area (Å²) in [6.45, 7) is 6.72. The molecule has 66 valence electrons. The molecule has 2 heterocycles. The molecule has 0 bridgehead atoms. The Morgan fingerprint density at radius 3 is 3.08 bits per heavy atom. The van der Waals surface area contributed by atoms with Crippen molar-refractivity contribution < 1.29 is 0 Å². The fraction of sp³-hybridized carbons (Fsp3) is 0.667. The molecule has 12 heavy (non-hydrogen) atoms. The molecule has 2 rings (SSSR count). The summed E-state index contributed by atoms with van der Waals surface area (Å²) in [5.41, 5.74) is 3.51. The van der Waals surface area contributed by atoms with E-state index in [1.165, 1.54) is 10.6 Å². The molecule has 0 fully saturated rings. The van der Waals surface area contributed by atoms with Gasteiger partial charge in [-0.1, -0.05) is 13.8 Å². The van der Waals surface area contributed by atoms with Crippen LogP contribution in [0.2, 0.25) is 0 Å². The molecule has 0 saturated carbocycles. The maximum Gasteiger partial charge on any atom is 0.0798 e. The molecule has 2 nitrogen and oxygen atoms in total. The molecule has 0 N–H and O–H groups in total. The maximum atomic E-state index is 4.44. The Bertz CT molecular complexity index is 290. The summed E-state index contributed by atoms with van der Waals surface area (Å²) in [7, 11) is 2.17. The van der Waals surface area contributed by atoms with Gasteiger partial charge in [-0.2, -0.15) is 0 Å². The van der Waals surface area contributed by atoms with Crippen LogP contribution < -0.4 is 0 Å². The van der Waals surface area contributed by atoms with Gasteiger partial charge in [-0.25, -0.2) is 4.98 Å². The Morgan fingerprint density at radius 1 is 1.58 bits per heavy atom. The summed E-state index contributed by atoms with van der Waals surface area (Å²) in [6, 6.07) is 0. The average Bonchev–Trinajstić information content (AvgIpc) is 2.32. The fourth-order valence-corrected chi connectivity index (χ4v) is 3.01. The lowest BCUT2D eigenvalue weighted by Crippen LogP contribution is -2.39. The van der Waals surface area contributed by atoms with Crippen molar-refractivity contribution in [3.05, 3.63) is 16.1 Å². The van der Waals surface area contributed by atoms with E-state index in [2.05, 4.69) is 30.8 Å². The highest BCUT2D eigenvalue weighted by molar-refractivity contribution is 7.09. The van der Waals surface area contributed by atoms with Crippen molar-refractivity contribution in [3.8, 4) is 0 Å². The summed E-state index contributed by atoms with van der Waals surface area (Å²) in [4.78, 5) is 8.24. The van der Waals surface area contributed by atoms with E-state index >= 15 is 0 Å². The Labute approximate surface area is 77.2 Å². The number of nitrogens with zero attached hydrogens (tertiary/aromatic N) is 2. The molecule has 0 atom stereocenters. The third kappa shape index (κ3) is 1.17. The third-order valence-electron chi connectivity index (χ3n) is 2.36. The first-order valence-electron chi connectivity index (χ1n) is 4.21. The SMILES string of the molecule is CN1Cc2scnc2C(C)(C)C1. The van der Waals surface area contributed by atoms with Gasteiger partial charge in [0.25, 0.3) is 0 Å². The van der Waals surface area contributed by atoms with E-state index in [9.17, 15) is 0 Å². The Kier molecular flexibility index (Phi) is 1.73. The van der Waals surface area contributed by atoms with Crippen LogP contribution in [-0.2, 0) is 12.0 Å². The van der Waals surface area contributed by atoms with Crippen molar-refractivity contribution >= 4 is 11.3 Å². The van der Waals surface area contributed by atoms with Crippen LogP contribution in [0.1, 0.15) is 24.4 Å². The molecule has 0 aromatic carbocycles. The van der Waals surface area contributed by atoms with Crippen LogP contribution in [0.15, 0.2) is 5.51 Å². The molecular weight excluding hydrogens is 168 g/mol. The summed E-state index contributed by atoms with van der Waals surface area (Å²) in [5, 5.41) is 0. The molecule has 3 heteroatoms. The second-order valence-electron chi connectivity index (χ2n) is 4.18. The number of aromatic nitrogens is 1. The number of hydrogen-bond acceptors (Lipinski definition) is 3. The van der Waals surface area contributed by atoms with Crippen molar-refractivity contribution in [1.29, 1.82) is 0 Å². The largest absolute Gasteiger partial charge is 0.300 e. The minimum Gasteiger partial charge on any atom is -0.300 e. The fourth-order valence-electron chi connectivity index (χ4n) is 1.99. The Hall–Kier alpha value is -0.410. The molecule has 0 unspecified atom stereocenters. The molecule has 0 amide bonds. The minimum absolute atomic E-state index is 0.238. The maximum absolute atomic E-state index is 4.44. The zero-order valence-corrected chi connectivity index (χ0v) is 8.61. The van der Waals surface area contributed by atoms with Gasteiger partial charge < -0.3 is 4.90 Å². The van der Waals surface area contributed by atoms with Crippen LogP contribution in [-0.4, -0.2) is 23.5 Å². The monoisotopic (exact) mass is 182 g/mol. The molecule has 0 radical (unpaired) electrons. The zero-order chi connectivity index (χ0) is 8.77. The van der Waals surface area contributed by atoms with Crippen molar-refractivity contribution in [1.82, 2.24) is 9.88 Å². The van der Waals surface area contributed by atoms with Crippen LogP contribution in [0.4, 0.5) is 0 Å². The highest BCUT2D eigenvalue weighted by Crippen LogP contribution is 2.33. The van der Waals surface area contributed by atoms with E-state index < -0.39 is 0 Å². The standard InChI is InChI=1S/C9H14N2S/c1-9(2)5-11(3)4-7-8(9)10-6-12-7/h6H,4-5H2,1-3H3. The van der Waals surface area contributed by atoms with Crippen LogP contribution in [0.5, 0.6) is 0 Å². The molecule has 0 spiro atoms. The topological polar surface area (TPSA) is 16.1 Å². The van der Waals surface area contributed by atoms with Crippen molar-refractivity contribution in [2.24, 2.45) is 0 Å². The summed E-state index contributed by atoms with van der Waals surface area (Å²) in [5.74, 6) is 0. The first kappa shape index (κ1) is 8.20. The second kappa shape index (κ2) is 2.54. The lowest BCUT2D eigenvalue weighted by Gasteiger charge is -2.34. The molecular formula is C9H14N2S. The lowest BCUT2D eigenvalue weighted by atomic mass is 9.85. The normalized spacial score (nSPS) is 22.2. The van der Waals surface area contributed by atoms with E-state index in [1.807, 2.05) is 5.51 Å². The molecule has 1 aromatic rings. The highest BCUT2D eigenvalue weighted by Gasteiger charge is 2.32. The van der Waals surface area contributed by atoms with Gasteiger partial charge in [0.2, 0.25) is 0 Å². The van der Waals surface area contributed by atoms with Gasteiger partial charge in [-0.15, -0.1) is 11.3 Å². The first-order chi connectivity index (χ1) is 5.59. The molecule has 0 aliphatic carbocycles.